The SMILES string of the molecule is CCOc1ccc(Cl)cc1C(=O)CCC(C)(C)CC(=O)Nc1c(CCCC(=O)OC(C)(C)C)n(C)n(-c2ccccc2)c1=O.CCOc1ccc(Cl)cc1C(=O)CCC(C)(C)CC(=O)Nc1c(CCN(C)C)n(C)n(-c2ccccc2)c1=O.CCOc1ccc(Cl)cc1C(=O)CCC(C)(C)CC(=O)Nc1c(CCN)n(C)n(-c2ccccc2)c1=O. The zero-order valence-electron chi connectivity index (χ0n) is 72.3. The second-order valence-electron chi connectivity index (χ2n) is 33.1. The highest BCUT2D eigenvalue weighted by atomic mass is 35.5. The van der Waals surface area contributed by atoms with E-state index in [2.05, 4.69) is 16.0 Å². The Morgan fingerprint density at radius 1 is 0.417 bits per heavy atom. The summed E-state index contributed by atoms with van der Waals surface area (Å²) < 4.78 is 32.0. The normalized spacial score (nSPS) is 11.6. The highest BCUT2D eigenvalue weighted by molar-refractivity contribution is 6.32. The van der Waals surface area contributed by atoms with E-state index >= 15 is 0 Å². The van der Waals surface area contributed by atoms with E-state index < -0.39 is 21.8 Å². The number of amides is 3. The number of ether oxygens (including phenoxy) is 4. The van der Waals surface area contributed by atoms with Gasteiger partial charge in [-0.3, -0.25) is 62.0 Å². The fraction of sp³-hybridized carbons (Fsp3) is 0.435. The Morgan fingerprint density at radius 3 is 0.983 bits per heavy atom. The van der Waals surface area contributed by atoms with Crippen molar-refractivity contribution in [3.05, 3.63) is 225 Å². The number of carbonyl (C=O) groups excluding carboxylic acids is 7. The van der Waals surface area contributed by atoms with Crippen molar-refractivity contribution in [3.63, 3.8) is 0 Å². The van der Waals surface area contributed by atoms with Gasteiger partial charge in [0, 0.05) is 101 Å². The number of anilines is 3. The number of halogens is 3. The number of rotatable bonds is 39. The van der Waals surface area contributed by atoms with Crippen molar-refractivity contribution in [1.29, 1.82) is 0 Å². The quantitative estimate of drug-likeness (QED) is 0.0206. The Kier molecular flexibility index (Phi) is 35.5. The number of esters is 1. The summed E-state index contributed by atoms with van der Waals surface area (Å²) in [6, 6.07) is 42.7. The van der Waals surface area contributed by atoms with Crippen LogP contribution in [0.25, 0.3) is 17.1 Å². The van der Waals surface area contributed by atoms with E-state index in [0.29, 0.717) is 149 Å². The summed E-state index contributed by atoms with van der Waals surface area (Å²) >= 11 is 18.4. The first-order chi connectivity index (χ1) is 56.6. The van der Waals surface area contributed by atoms with Crippen molar-refractivity contribution in [2.75, 3.05) is 63.0 Å². The van der Waals surface area contributed by atoms with Gasteiger partial charge >= 0.3 is 5.97 Å². The highest BCUT2D eigenvalue weighted by Gasteiger charge is 2.32. The zero-order valence-corrected chi connectivity index (χ0v) is 74.6. The summed E-state index contributed by atoms with van der Waals surface area (Å²) in [4.78, 5) is 133. The van der Waals surface area contributed by atoms with Gasteiger partial charge in [-0.15, -0.1) is 0 Å². The molecule has 0 aliphatic carbocycles. The van der Waals surface area contributed by atoms with Crippen LogP contribution in [0.2, 0.25) is 15.1 Å². The number of para-hydroxylation sites is 3. The highest BCUT2D eigenvalue weighted by Crippen LogP contribution is 2.36. The lowest BCUT2D eigenvalue weighted by Crippen LogP contribution is -2.26. The molecule has 120 heavy (non-hydrogen) atoms. The molecule has 0 aliphatic heterocycles. The lowest BCUT2D eigenvalue weighted by molar-refractivity contribution is -0.155. The molecule has 0 aliphatic rings. The standard InChI is InChI=1S/C34H44ClN3O6.C30H39ClN4O4.C28H35ClN4O4/c1-8-43-28-18-17-23(35)21-25(28)27(39)19-20-34(5,6)22-29(40)36-31-26(15-12-16-30(41)44-33(2,3)4)37(7)38(32(31)42)24-13-10-9-11-14-24;1-7-39-26-14-13-21(31)19-23(26)25(36)15-17-30(2,3)20-27(37)32-28-24(16-18-33(4)5)34(6)35(29(28)38)22-11-9-8-10-12-22;1-5-37-24-12-11-19(29)17-21(24)23(34)13-15-28(2,3)18-25(35)31-26-22(14-16-30)32(4)33(27(26)36)20-9-7-6-8-10-20/h9-11,13-14,17-18,21H,8,12,15-16,19-20,22H2,1-7H3,(H,36,40);8-14,19H,7,15-18,20H2,1-6H3,(H,32,37);6-12,17H,5,13-16,18,30H2,1-4H3,(H,31,35). The molecule has 0 unspecified atom stereocenters. The van der Waals surface area contributed by atoms with Gasteiger partial charge in [0.05, 0.1) is 70.7 Å². The maximum Gasteiger partial charge on any atom is 0.306 e. The van der Waals surface area contributed by atoms with Crippen LogP contribution in [0.15, 0.2) is 160 Å². The van der Waals surface area contributed by atoms with Gasteiger partial charge in [-0.05, 0) is 202 Å². The fourth-order valence-electron chi connectivity index (χ4n) is 13.9. The van der Waals surface area contributed by atoms with Crippen LogP contribution in [-0.2, 0) is 64.3 Å². The Morgan fingerprint density at radius 2 is 0.708 bits per heavy atom. The molecule has 0 radical (unpaired) electrons. The largest absolute Gasteiger partial charge is 0.493 e. The minimum absolute atomic E-state index is 0.0885. The molecule has 0 saturated carbocycles. The molecule has 0 spiro atoms. The van der Waals surface area contributed by atoms with Crippen LogP contribution in [0.1, 0.15) is 202 Å². The number of ketones is 3. The fourth-order valence-corrected chi connectivity index (χ4v) is 14.4. The van der Waals surface area contributed by atoms with Crippen molar-refractivity contribution in [3.8, 4) is 34.3 Å². The summed E-state index contributed by atoms with van der Waals surface area (Å²) in [5, 5.41) is 9.98. The third kappa shape index (κ3) is 27.7. The Bertz CT molecular complexity index is 5220. The number of hydrogen-bond acceptors (Lipinski definition) is 16. The van der Waals surface area contributed by atoms with E-state index in [9.17, 15) is 47.9 Å². The van der Waals surface area contributed by atoms with Gasteiger partial charge in [-0.25, -0.2) is 14.0 Å². The number of Topliss-reactive ketones (excluding diaryl/α,β-unsaturated/α-hetero) is 3. The lowest BCUT2D eigenvalue weighted by atomic mass is 9.82. The molecule has 3 heterocycles. The van der Waals surface area contributed by atoms with Gasteiger partial charge < -0.3 is 45.5 Å². The summed E-state index contributed by atoms with van der Waals surface area (Å²) in [7, 11) is 9.30. The van der Waals surface area contributed by atoms with Crippen molar-refractivity contribution in [2.24, 2.45) is 43.1 Å². The molecule has 3 amide bonds. The van der Waals surface area contributed by atoms with Crippen LogP contribution in [0.5, 0.6) is 17.2 Å². The molecule has 9 aromatic rings. The number of benzene rings is 6. The molecule has 28 heteroatoms. The topological polar surface area (TPSA) is 303 Å². The molecule has 25 nitrogen and oxygen atoms in total. The van der Waals surface area contributed by atoms with Gasteiger partial charge in [0.2, 0.25) is 17.7 Å². The summed E-state index contributed by atoms with van der Waals surface area (Å²) in [6.07, 6.45) is 4.43. The van der Waals surface area contributed by atoms with E-state index in [1.54, 1.807) is 82.7 Å². The molecule has 9 rings (SSSR count). The third-order valence-electron chi connectivity index (χ3n) is 20.0. The number of hydrogen-bond donors (Lipinski definition) is 4. The summed E-state index contributed by atoms with van der Waals surface area (Å²) in [6.45, 7) is 24.9. The van der Waals surface area contributed by atoms with Crippen LogP contribution >= 0.6 is 34.8 Å². The second kappa shape index (κ2) is 44.1. The van der Waals surface area contributed by atoms with Gasteiger partial charge in [0.25, 0.3) is 16.7 Å². The molecule has 646 valence electrons. The maximum absolute atomic E-state index is 13.6. The summed E-state index contributed by atoms with van der Waals surface area (Å²) in [5.41, 5.74) is 8.81. The third-order valence-corrected chi connectivity index (χ3v) is 20.7. The van der Waals surface area contributed by atoms with Gasteiger partial charge in [-0.1, -0.05) is 131 Å². The number of nitrogens with zero attached hydrogens (tertiary/aromatic N) is 7. The number of nitrogens with two attached hydrogens (primary N) is 1. The van der Waals surface area contributed by atoms with E-state index in [4.69, 9.17) is 59.5 Å². The van der Waals surface area contributed by atoms with Crippen LogP contribution in [0.3, 0.4) is 0 Å². The van der Waals surface area contributed by atoms with E-state index in [0.717, 1.165) is 17.9 Å². The molecule has 0 saturated heterocycles. The molecule has 0 fully saturated rings. The van der Waals surface area contributed by atoms with E-state index in [1.807, 2.05) is 205 Å². The predicted molar refractivity (Wildman–Crippen MR) is 476 cm³/mol. The minimum Gasteiger partial charge on any atom is -0.493 e. The van der Waals surface area contributed by atoms with Crippen molar-refractivity contribution < 1.29 is 52.5 Å². The zero-order chi connectivity index (χ0) is 88.6. The van der Waals surface area contributed by atoms with E-state index in [1.165, 1.54) is 9.36 Å². The Labute approximate surface area is 718 Å². The average molecular weight is 1710 g/mol. The second-order valence-corrected chi connectivity index (χ2v) is 34.4. The smallest absolute Gasteiger partial charge is 0.306 e. The Hall–Kier alpha value is -10.6. The predicted octanol–water partition coefficient (Wildman–Crippen LogP) is 17.0. The Balaban J connectivity index is 0.000000249. The average Bonchev–Trinajstić information content (AvgIpc) is 1.64. The molecule has 5 N–H and O–H groups in total. The van der Waals surface area contributed by atoms with Crippen molar-refractivity contribution in [1.82, 2.24) is 33.0 Å². The number of likely N-dealkylation sites (N-methyl/N-ethyl adjacent to an activating group) is 1. The first-order valence-corrected chi connectivity index (χ1v) is 41.7. The van der Waals surface area contributed by atoms with Crippen LogP contribution < -0.4 is 52.6 Å². The molecule has 0 bridgehead atoms. The molecule has 6 aromatic carbocycles. The number of aromatic nitrogens is 6. The number of nitrogens with one attached hydrogen (secondary N) is 3. The van der Waals surface area contributed by atoms with Gasteiger partial charge in [0.15, 0.2) is 17.3 Å². The molecular formula is C92H118Cl3N11O14. The molecular weight excluding hydrogens is 1590 g/mol. The van der Waals surface area contributed by atoms with Crippen LogP contribution in [-0.4, -0.2) is 127 Å². The number of carbonyl (C=O) groups is 7. The van der Waals surface area contributed by atoms with Crippen LogP contribution in [0.4, 0.5) is 17.1 Å². The van der Waals surface area contributed by atoms with Crippen molar-refractivity contribution >= 4 is 92.9 Å². The van der Waals surface area contributed by atoms with Gasteiger partial charge in [0.1, 0.15) is 39.9 Å². The first-order valence-electron chi connectivity index (χ1n) is 40.5. The van der Waals surface area contributed by atoms with Crippen LogP contribution in [0, 0.1) is 16.2 Å². The maximum atomic E-state index is 13.6. The van der Waals surface area contributed by atoms with Crippen molar-refractivity contribution in [2.45, 2.75) is 179 Å². The van der Waals surface area contributed by atoms with E-state index in [-0.39, 0.29) is 114 Å². The van der Waals surface area contributed by atoms with Gasteiger partial charge in [-0.2, -0.15) is 0 Å². The molecule has 0 atom stereocenters. The lowest BCUT2D eigenvalue weighted by Gasteiger charge is -2.24. The monoisotopic (exact) mass is 1710 g/mol. The molecule has 3 aromatic heterocycles. The minimum atomic E-state index is -0.586. The first kappa shape index (κ1) is 96.6. The summed E-state index contributed by atoms with van der Waals surface area (Å²) in [5.74, 6) is -0.0381.